The third-order valence-electron chi connectivity index (χ3n) is 2.18. The van der Waals surface area contributed by atoms with E-state index in [0.717, 1.165) is 11.3 Å². The normalized spacial score (nSPS) is 10.6. The van der Waals surface area contributed by atoms with Gasteiger partial charge in [0.25, 0.3) is 0 Å². The summed E-state index contributed by atoms with van der Waals surface area (Å²) >= 11 is 12.1. The summed E-state index contributed by atoms with van der Waals surface area (Å²) in [6, 6.07) is 5.52. The van der Waals surface area contributed by atoms with E-state index < -0.39 is 0 Å². The lowest BCUT2D eigenvalue weighted by atomic mass is 10.1. The SMILES string of the molecule is Cn1cnc(Cc2c(Cl)cccc2Cl)c1. The molecule has 0 aliphatic rings. The van der Waals surface area contributed by atoms with Crippen LogP contribution in [0.2, 0.25) is 10.0 Å². The fourth-order valence-electron chi connectivity index (χ4n) is 1.44. The molecular formula is C11H10Cl2N2. The second-order valence-corrected chi connectivity index (χ2v) is 4.22. The first-order valence-electron chi connectivity index (χ1n) is 4.56. The van der Waals surface area contributed by atoms with Gasteiger partial charge in [0.2, 0.25) is 0 Å². The summed E-state index contributed by atoms with van der Waals surface area (Å²) in [4.78, 5) is 4.24. The van der Waals surface area contributed by atoms with Crippen molar-refractivity contribution in [3.05, 3.63) is 52.0 Å². The number of aromatic nitrogens is 2. The number of nitrogens with zero attached hydrogens (tertiary/aromatic N) is 2. The van der Waals surface area contributed by atoms with Crippen molar-refractivity contribution in [3.8, 4) is 0 Å². The van der Waals surface area contributed by atoms with Gasteiger partial charge in [-0.15, -0.1) is 0 Å². The highest BCUT2D eigenvalue weighted by molar-refractivity contribution is 6.36. The van der Waals surface area contributed by atoms with Crippen LogP contribution in [0.3, 0.4) is 0 Å². The number of benzene rings is 1. The maximum absolute atomic E-state index is 6.07. The van der Waals surface area contributed by atoms with Gasteiger partial charge in [-0.05, 0) is 17.7 Å². The van der Waals surface area contributed by atoms with Crippen LogP contribution in [0.5, 0.6) is 0 Å². The molecule has 4 heteroatoms. The van der Waals surface area contributed by atoms with E-state index in [1.165, 1.54) is 0 Å². The van der Waals surface area contributed by atoms with Crippen LogP contribution in [0, 0.1) is 0 Å². The van der Waals surface area contributed by atoms with Gasteiger partial charge in [-0.25, -0.2) is 4.98 Å². The third kappa shape index (κ3) is 2.33. The maximum atomic E-state index is 6.07. The average molecular weight is 241 g/mol. The maximum Gasteiger partial charge on any atom is 0.0946 e. The molecule has 2 rings (SSSR count). The lowest BCUT2D eigenvalue weighted by Crippen LogP contribution is -1.91. The summed E-state index contributed by atoms with van der Waals surface area (Å²) < 4.78 is 1.90. The minimum Gasteiger partial charge on any atom is -0.340 e. The molecule has 15 heavy (non-hydrogen) atoms. The van der Waals surface area contributed by atoms with E-state index in [4.69, 9.17) is 23.2 Å². The quantitative estimate of drug-likeness (QED) is 0.788. The van der Waals surface area contributed by atoms with Crippen molar-refractivity contribution in [1.82, 2.24) is 9.55 Å². The van der Waals surface area contributed by atoms with Crippen molar-refractivity contribution in [1.29, 1.82) is 0 Å². The number of hydrogen-bond donors (Lipinski definition) is 0. The molecule has 78 valence electrons. The zero-order valence-corrected chi connectivity index (χ0v) is 9.76. The van der Waals surface area contributed by atoms with Gasteiger partial charge in [0, 0.05) is 29.7 Å². The Balaban J connectivity index is 2.31. The Bertz CT molecular complexity index is 457. The standard InChI is InChI=1S/C11H10Cl2N2/c1-15-6-8(14-7-15)5-9-10(12)3-2-4-11(9)13/h2-4,6-7H,5H2,1H3. The summed E-state index contributed by atoms with van der Waals surface area (Å²) in [7, 11) is 1.94. The molecule has 0 aliphatic carbocycles. The average Bonchev–Trinajstić information content (AvgIpc) is 2.58. The Hall–Kier alpha value is -0.990. The molecule has 0 saturated heterocycles. The van der Waals surface area contributed by atoms with Gasteiger partial charge in [-0.3, -0.25) is 0 Å². The highest BCUT2D eigenvalue weighted by Crippen LogP contribution is 2.26. The largest absolute Gasteiger partial charge is 0.340 e. The van der Waals surface area contributed by atoms with Gasteiger partial charge in [0.05, 0.1) is 12.0 Å². The molecule has 0 saturated carbocycles. The monoisotopic (exact) mass is 240 g/mol. The Morgan fingerprint density at radius 3 is 2.47 bits per heavy atom. The third-order valence-corrected chi connectivity index (χ3v) is 2.89. The fourth-order valence-corrected chi connectivity index (χ4v) is 1.97. The van der Waals surface area contributed by atoms with E-state index in [1.807, 2.05) is 36.0 Å². The topological polar surface area (TPSA) is 17.8 Å². The Kier molecular flexibility index (Phi) is 2.98. The first-order chi connectivity index (χ1) is 7.16. The number of halogens is 2. The molecule has 0 N–H and O–H groups in total. The van der Waals surface area contributed by atoms with Crippen LogP contribution in [-0.4, -0.2) is 9.55 Å². The number of imidazole rings is 1. The van der Waals surface area contributed by atoms with Crippen molar-refractivity contribution in [2.75, 3.05) is 0 Å². The molecule has 0 fully saturated rings. The van der Waals surface area contributed by atoms with Crippen LogP contribution >= 0.6 is 23.2 Å². The van der Waals surface area contributed by atoms with Gasteiger partial charge < -0.3 is 4.57 Å². The molecule has 2 aromatic rings. The molecule has 0 aliphatic heterocycles. The number of hydrogen-bond acceptors (Lipinski definition) is 1. The summed E-state index contributed by atoms with van der Waals surface area (Å²) in [5, 5.41) is 1.38. The summed E-state index contributed by atoms with van der Waals surface area (Å²) in [6.07, 6.45) is 4.39. The minimum atomic E-state index is 0.666. The molecule has 1 aromatic heterocycles. The van der Waals surface area contributed by atoms with E-state index >= 15 is 0 Å². The van der Waals surface area contributed by atoms with Crippen LogP contribution < -0.4 is 0 Å². The zero-order chi connectivity index (χ0) is 10.8. The molecule has 1 aromatic carbocycles. The molecule has 0 bridgehead atoms. The van der Waals surface area contributed by atoms with Crippen LogP contribution in [0.4, 0.5) is 0 Å². The second kappa shape index (κ2) is 4.25. The predicted molar refractivity (Wildman–Crippen MR) is 62.5 cm³/mol. The molecule has 0 amide bonds. The van der Waals surface area contributed by atoms with Gasteiger partial charge in [-0.2, -0.15) is 0 Å². The van der Waals surface area contributed by atoms with Crippen LogP contribution in [0.15, 0.2) is 30.7 Å². The second-order valence-electron chi connectivity index (χ2n) is 3.41. The number of rotatable bonds is 2. The van der Waals surface area contributed by atoms with Crippen LogP contribution in [0.1, 0.15) is 11.3 Å². The molecular weight excluding hydrogens is 231 g/mol. The summed E-state index contributed by atoms with van der Waals surface area (Å²) in [5.41, 5.74) is 1.90. The van der Waals surface area contributed by atoms with Gasteiger partial charge >= 0.3 is 0 Å². The lowest BCUT2D eigenvalue weighted by Gasteiger charge is -2.04. The van der Waals surface area contributed by atoms with Crippen molar-refractivity contribution < 1.29 is 0 Å². The molecule has 0 spiro atoms. The number of aryl methyl sites for hydroxylation is 1. The van der Waals surface area contributed by atoms with E-state index in [0.29, 0.717) is 16.5 Å². The van der Waals surface area contributed by atoms with Crippen LogP contribution in [0.25, 0.3) is 0 Å². The van der Waals surface area contributed by atoms with Crippen molar-refractivity contribution in [2.24, 2.45) is 7.05 Å². The highest BCUT2D eigenvalue weighted by Gasteiger charge is 2.07. The predicted octanol–water partition coefficient (Wildman–Crippen LogP) is 3.32. The molecule has 0 radical (unpaired) electrons. The Morgan fingerprint density at radius 2 is 1.93 bits per heavy atom. The first kappa shape index (κ1) is 10.5. The summed E-state index contributed by atoms with van der Waals surface area (Å²) in [5.74, 6) is 0. The zero-order valence-electron chi connectivity index (χ0n) is 8.24. The highest BCUT2D eigenvalue weighted by atomic mass is 35.5. The molecule has 0 unspecified atom stereocenters. The van der Waals surface area contributed by atoms with Crippen molar-refractivity contribution >= 4 is 23.2 Å². The molecule has 2 nitrogen and oxygen atoms in total. The molecule has 1 heterocycles. The Labute approximate surface area is 98.5 Å². The van der Waals surface area contributed by atoms with E-state index in [2.05, 4.69) is 4.98 Å². The fraction of sp³-hybridized carbons (Fsp3) is 0.182. The summed E-state index contributed by atoms with van der Waals surface area (Å²) in [6.45, 7) is 0. The van der Waals surface area contributed by atoms with Crippen molar-refractivity contribution in [2.45, 2.75) is 6.42 Å². The minimum absolute atomic E-state index is 0.666. The smallest absolute Gasteiger partial charge is 0.0946 e. The van der Waals surface area contributed by atoms with Crippen LogP contribution in [-0.2, 0) is 13.5 Å². The first-order valence-corrected chi connectivity index (χ1v) is 5.32. The Morgan fingerprint density at radius 1 is 1.27 bits per heavy atom. The van der Waals surface area contributed by atoms with E-state index in [9.17, 15) is 0 Å². The van der Waals surface area contributed by atoms with Gasteiger partial charge in [-0.1, -0.05) is 29.3 Å². The molecule has 0 atom stereocenters. The lowest BCUT2D eigenvalue weighted by molar-refractivity contribution is 0.912. The van der Waals surface area contributed by atoms with Gasteiger partial charge in [0.15, 0.2) is 0 Å². The van der Waals surface area contributed by atoms with Gasteiger partial charge in [0.1, 0.15) is 0 Å². The van der Waals surface area contributed by atoms with E-state index in [1.54, 1.807) is 6.33 Å². The van der Waals surface area contributed by atoms with Crippen molar-refractivity contribution in [3.63, 3.8) is 0 Å². The van der Waals surface area contributed by atoms with E-state index in [-0.39, 0.29) is 0 Å².